The monoisotopic (exact) mass is 461 g/mol. The highest BCUT2D eigenvalue weighted by atomic mass is 127. The molecule has 0 amide bonds. The van der Waals surface area contributed by atoms with Gasteiger partial charge < -0.3 is 20.1 Å². The molecule has 2 unspecified atom stereocenters. The molecule has 1 aliphatic rings. The highest BCUT2D eigenvalue weighted by Gasteiger charge is 2.33. The zero-order valence-corrected chi connectivity index (χ0v) is 17.9. The zero-order valence-electron chi connectivity index (χ0n) is 15.6. The van der Waals surface area contributed by atoms with Gasteiger partial charge in [-0.1, -0.05) is 31.2 Å². The van der Waals surface area contributed by atoms with Crippen LogP contribution in [0.2, 0.25) is 0 Å². The first-order valence-corrected chi connectivity index (χ1v) is 9.01. The maximum absolute atomic E-state index is 5.63. The van der Waals surface area contributed by atoms with Crippen molar-refractivity contribution in [2.24, 2.45) is 10.9 Å². The van der Waals surface area contributed by atoms with Crippen LogP contribution in [0.25, 0.3) is 0 Å². The van der Waals surface area contributed by atoms with Gasteiger partial charge in [0.15, 0.2) is 5.96 Å². The van der Waals surface area contributed by atoms with E-state index in [1.165, 1.54) is 17.5 Å². The van der Waals surface area contributed by atoms with Gasteiger partial charge in [-0.2, -0.15) is 0 Å². The summed E-state index contributed by atoms with van der Waals surface area (Å²) in [5.74, 6) is 1.66. The summed E-state index contributed by atoms with van der Waals surface area (Å²) in [5.41, 5.74) is 2.37. The lowest BCUT2D eigenvalue weighted by Gasteiger charge is -2.11. The molecule has 5 nitrogen and oxygen atoms in total. The van der Waals surface area contributed by atoms with Crippen molar-refractivity contribution >= 4 is 29.9 Å². The molecular weight excluding hydrogens is 429 g/mol. The second-order valence-corrected chi connectivity index (χ2v) is 6.23. The van der Waals surface area contributed by atoms with Gasteiger partial charge >= 0.3 is 0 Å². The van der Waals surface area contributed by atoms with E-state index >= 15 is 0 Å². The van der Waals surface area contributed by atoms with E-state index < -0.39 is 0 Å². The lowest BCUT2D eigenvalue weighted by Crippen LogP contribution is -2.39. The van der Waals surface area contributed by atoms with Gasteiger partial charge in [-0.05, 0) is 37.3 Å². The molecule has 25 heavy (non-hydrogen) atoms. The van der Waals surface area contributed by atoms with Crippen molar-refractivity contribution in [3.05, 3.63) is 35.4 Å². The predicted octanol–water partition coefficient (Wildman–Crippen LogP) is 3.32. The van der Waals surface area contributed by atoms with E-state index in [1.54, 1.807) is 0 Å². The van der Waals surface area contributed by atoms with Crippen LogP contribution in [0.5, 0.6) is 0 Å². The molecule has 0 radical (unpaired) electrons. The molecule has 0 spiro atoms. The zero-order chi connectivity index (χ0) is 17.2. The second kappa shape index (κ2) is 12.5. The minimum atomic E-state index is 0. The number of hydrogen-bond acceptors (Lipinski definition) is 3. The number of ether oxygens (including phenoxy) is 2. The van der Waals surface area contributed by atoms with Gasteiger partial charge in [-0.3, -0.25) is 0 Å². The van der Waals surface area contributed by atoms with Gasteiger partial charge in [0.1, 0.15) is 0 Å². The van der Waals surface area contributed by atoms with Gasteiger partial charge in [0.2, 0.25) is 0 Å². The largest absolute Gasteiger partial charge is 0.379 e. The Kier molecular flexibility index (Phi) is 11.1. The Balaban J connectivity index is 0.00000312. The molecule has 0 aliphatic heterocycles. The molecule has 0 bridgehead atoms. The van der Waals surface area contributed by atoms with E-state index in [-0.39, 0.29) is 24.0 Å². The van der Waals surface area contributed by atoms with Gasteiger partial charge in [-0.15, -0.1) is 24.0 Å². The lowest BCUT2D eigenvalue weighted by molar-refractivity contribution is 0.0453. The molecule has 1 aromatic rings. The van der Waals surface area contributed by atoms with E-state index in [9.17, 15) is 0 Å². The number of aliphatic imine (C=N–C) groups is 1. The summed E-state index contributed by atoms with van der Waals surface area (Å²) < 4.78 is 10.9. The first-order chi connectivity index (χ1) is 11.7. The molecule has 1 saturated carbocycles. The summed E-state index contributed by atoms with van der Waals surface area (Å²) in [6.45, 7) is 10.5. The highest BCUT2D eigenvalue weighted by Crippen LogP contribution is 2.28. The van der Waals surface area contributed by atoms with Gasteiger partial charge in [0.25, 0.3) is 0 Å². The standard InChI is InChI=1S/C19H31N3O2.HI/c1-4-20-19(22-18-11-15(18)3)21-13-16-7-6-8-17(12-16)14-24-10-9-23-5-2;/h6-8,12,15,18H,4-5,9-11,13-14H2,1-3H3,(H2,20,21,22);1H. The highest BCUT2D eigenvalue weighted by molar-refractivity contribution is 14.0. The number of guanidine groups is 1. The minimum Gasteiger partial charge on any atom is -0.379 e. The van der Waals surface area contributed by atoms with Crippen molar-refractivity contribution in [1.29, 1.82) is 0 Å². The van der Waals surface area contributed by atoms with Crippen LogP contribution in [0.1, 0.15) is 38.3 Å². The van der Waals surface area contributed by atoms with Crippen molar-refractivity contribution in [1.82, 2.24) is 10.6 Å². The third-order valence-corrected chi connectivity index (χ3v) is 4.03. The van der Waals surface area contributed by atoms with Gasteiger partial charge in [-0.25, -0.2) is 4.99 Å². The Morgan fingerprint density at radius 3 is 2.60 bits per heavy atom. The minimum absolute atomic E-state index is 0. The number of benzene rings is 1. The SMILES string of the molecule is CCNC(=NCc1cccc(COCCOCC)c1)NC1CC1C.I. The third kappa shape index (κ3) is 8.87. The van der Waals surface area contributed by atoms with Crippen LogP contribution in [0, 0.1) is 5.92 Å². The number of halogens is 1. The van der Waals surface area contributed by atoms with E-state index in [4.69, 9.17) is 14.5 Å². The first-order valence-electron chi connectivity index (χ1n) is 9.01. The van der Waals surface area contributed by atoms with Crippen LogP contribution in [0.3, 0.4) is 0 Å². The Morgan fingerprint density at radius 2 is 1.92 bits per heavy atom. The van der Waals surface area contributed by atoms with Gasteiger partial charge in [0, 0.05) is 19.2 Å². The fourth-order valence-electron chi connectivity index (χ4n) is 2.46. The van der Waals surface area contributed by atoms with Crippen LogP contribution >= 0.6 is 24.0 Å². The van der Waals surface area contributed by atoms with E-state index in [0.717, 1.165) is 25.0 Å². The van der Waals surface area contributed by atoms with Crippen LogP contribution in [0.4, 0.5) is 0 Å². The van der Waals surface area contributed by atoms with E-state index in [2.05, 4.69) is 48.7 Å². The van der Waals surface area contributed by atoms with Crippen LogP contribution < -0.4 is 10.6 Å². The number of rotatable bonds is 10. The predicted molar refractivity (Wildman–Crippen MR) is 114 cm³/mol. The van der Waals surface area contributed by atoms with Crippen molar-refractivity contribution in [3.8, 4) is 0 Å². The summed E-state index contributed by atoms with van der Waals surface area (Å²) in [4.78, 5) is 4.69. The fraction of sp³-hybridized carbons (Fsp3) is 0.632. The topological polar surface area (TPSA) is 54.9 Å². The Bertz CT molecular complexity index is 525. The molecule has 0 heterocycles. The fourth-order valence-corrected chi connectivity index (χ4v) is 2.46. The summed E-state index contributed by atoms with van der Waals surface area (Å²) in [7, 11) is 0. The molecule has 2 atom stereocenters. The summed E-state index contributed by atoms with van der Waals surface area (Å²) in [5, 5.41) is 6.79. The Labute approximate surface area is 169 Å². The van der Waals surface area contributed by atoms with Crippen molar-refractivity contribution in [2.75, 3.05) is 26.4 Å². The normalized spacial score (nSPS) is 19.2. The summed E-state index contributed by atoms with van der Waals surface area (Å²) >= 11 is 0. The molecule has 2 rings (SSSR count). The van der Waals surface area contributed by atoms with Crippen LogP contribution in [-0.4, -0.2) is 38.4 Å². The van der Waals surface area contributed by atoms with Crippen molar-refractivity contribution in [3.63, 3.8) is 0 Å². The average molecular weight is 461 g/mol. The number of nitrogens with zero attached hydrogens (tertiary/aromatic N) is 1. The van der Waals surface area contributed by atoms with E-state index in [0.29, 0.717) is 32.4 Å². The summed E-state index contributed by atoms with van der Waals surface area (Å²) in [6, 6.07) is 9.00. The maximum Gasteiger partial charge on any atom is 0.191 e. The average Bonchev–Trinajstić information content (AvgIpc) is 3.28. The molecule has 0 saturated heterocycles. The van der Waals surface area contributed by atoms with Crippen molar-refractivity contribution < 1.29 is 9.47 Å². The molecule has 1 aromatic carbocycles. The number of nitrogens with one attached hydrogen (secondary N) is 2. The molecule has 142 valence electrons. The quantitative estimate of drug-likeness (QED) is 0.243. The molecule has 6 heteroatoms. The second-order valence-electron chi connectivity index (χ2n) is 6.23. The summed E-state index contributed by atoms with van der Waals surface area (Å²) in [6.07, 6.45) is 1.24. The molecule has 1 aliphatic carbocycles. The number of hydrogen-bond donors (Lipinski definition) is 2. The Morgan fingerprint density at radius 1 is 1.20 bits per heavy atom. The first kappa shape index (κ1) is 22.2. The van der Waals surface area contributed by atoms with E-state index in [1.807, 2.05) is 6.92 Å². The van der Waals surface area contributed by atoms with Crippen molar-refractivity contribution in [2.45, 2.75) is 46.4 Å². The van der Waals surface area contributed by atoms with Gasteiger partial charge in [0.05, 0.1) is 26.4 Å². The van der Waals surface area contributed by atoms with Crippen LogP contribution in [-0.2, 0) is 22.6 Å². The maximum atomic E-state index is 5.63. The molecule has 0 aromatic heterocycles. The Hall–Kier alpha value is -0.860. The molecular formula is C19H32IN3O2. The smallest absolute Gasteiger partial charge is 0.191 e. The lowest BCUT2D eigenvalue weighted by atomic mass is 10.1. The van der Waals surface area contributed by atoms with Crippen LogP contribution in [0.15, 0.2) is 29.3 Å². The molecule has 1 fully saturated rings. The third-order valence-electron chi connectivity index (χ3n) is 4.03. The molecule has 2 N–H and O–H groups in total.